The zero-order valence-electron chi connectivity index (χ0n) is 60.7. The van der Waals surface area contributed by atoms with Crippen LogP contribution in [0.25, 0.3) is 54.2 Å². The van der Waals surface area contributed by atoms with Gasteiger partial charge in [0.1, 0.15) is 61.3 Å². The van der Waals surface area contributed by atoms with Gasteiger partial charge in [-0.25, -0.2) is 19.6 Å². The molecule has 3 aliphatic heterocycles. The predicted molar refractivity (Wildman–Crippen MR) is 424 cm³/mol. The summed E-state index contributed by atoms with van der Waals surface area (Å²) in [6.45, 7) is 20.4. The summed E-state index contributed by atoms with van der Waals surface area (Å²) in [6.07, 6.45) is 1.57. The van der Waals surface area contributed by atoms with Crippen LogP contribution in [0.15, 0.2) is 195 Å². The van der Waals surface area contributed by atoms with Gasteiger partial charge in [-0.2, -0.15) is 5.10 Å². The van der Waals surface area contributed by atoms with Gasteiger partial charge in [0.15, 0.2) is 18.9 Å². The molecule has 3 aliphatic rings. The Bertz CT molecular complexity index is 5270. The molecule has 3 fully saturated rings. The number of thiophene rings is 2. The van der Waals surface area contributed by atoms with E-state index in [0.717, 1.165) is 53.0 Å². The Balaban J connectivity index is 0.000000147. The van der Waals surface area contributed by atoms with Gasteiger partial charge < -0.3 is 38.8 Å². The van der Waals surface area contributed by atoms with Crippen molar-refractivity contribution in [2.24, 2.45) is 0 Å². The van der Waals surface area contributed by atoms with Crippen LogP contribution in [0.1, 0.15) is 64.2 Å². The number of aromatic nitrogens is 8. The van der Waals surface area contributed by atoms with E-state index < -0.39 is 0 Å². The van der Waals surface area contributed by atoms with Gasteiger partial charge in [0.2, 0.25) is 0 Å². The van der Waals surface area contributed by atoms with Gasteiger partial charge >= 0.3 is 0 Å². The minimum Gasteiger partial charge on any atom is -0.492 e. The average Bonchev–Trinajstić information content (AvgIpc) is 1.48. The average molecular weight is 1540 g/mol. The van der Waals surface area contributed by atoms with Crippen LogP contribution in [0.4, 0.5) is 0 Å². The molecule has 3 saturated heterocycles. The highest BCUT2D eigenvalue weighted by atomic mass is 35.5. The number of hydrogen-bond acceptors (Lipinski definition) is 20. The summed E-state index contributed by atoms with van der Waals surface area (Å²) >= 11 is 14.8. The fourth-order valence-electron chi connectivity index (χ4n) is 13.4. The van der Waals surface area contributed by atoms with E-state index in [4.69, 9.17) is 61.8 Å². The Labute approximate surface area is 642 Å². The van der Waals surface area contributed by atoms with Gasteiger partial charge in [-0.05, 0) is 155 Å². The smallest absolute Gasteiger partial charge is 0.269 e. The van der Waals surface area contributed by atoms with Crippen LogP contribution in [0.2, 0.25) is 10.0 Å². The van der Waals surface area contributed by atoms with Gasteiger partial charge in [0.05, 0.1) is 78.2 Å². The molecule has 2 unspecified atom stereocenters. The third kappa shape index (κ3) is 17.3. The highest BCUT2D eigenvalue weighted by Gasteiger charge is 2.33. The lowest BCUT2D eigenvalue weighted by atomic mass is 10.2. The van der Waals surface area contributed by atoms with Crippen LogP contribution in [0.5, 0.6) is 28.7 Å². The lowest BCUT2D eigenvalue weighted by molar-refractivity contribution is -0.136. The molecule has 560 valence electrons. The molecule has 6 aromatic carbocycles. The first-order chi connectivity index (χ1) is 52.7. The second-order valence-electron chi connectivity index (χ2n) is 25.7. The molecule has 28 heteroatoms. The second kappa shape index (κ2) is 35.6. The summed E-state index contributed by atoms with van der Waals surface area (Å²) in [6, 6.07) is 49.5. The lowest BCUT2D eigenvalue weighted by Crippen LogP contribution is -2.51. The normalized spacial score (nSPS) is 14.9. The van der Waals surface area contributed by atoms with Crippen LogP contribution in [0, 0.1) is 0 Å². The van der Waals surface area contributed by atoms with Gasteiger partial charge in [-0.1, -0.05) is 77.8 Å². The number of nitrogens with zero attached hydrogens (tertiary/aromatic N) is 13. The first kappa shape index (κ1) is 75.9. The molecule has 9 heterocycles. The minimum absolute atomic E-state index is 0.0262. The Morgan fingerprint density at radius 1 is 0.472 bits per heavy atom. The number of nitrogens with one attached hydrogen (secondary N) is 1. The van der Waals surface area contributed by atoms with Crippen molar-refractivity contribution in [3.05, 3.63) is 239 Å². The van der Waals surface area contributed by atoms with Crippen molar-refractivity contribution in [3.8, 4) is 51.5 Å². The monoisotopic (exact) mass is 1530 g/mol. The van der Waals surface area contributed by atoms with E-state index in [9.17, 15) is 24.0 Å². The number of carbonyl (C=O) groups is 2. The van der Waals surface area contributed by atoms with Gasteiger partial charge in [0.25, 0.3) is 28.5 Å². The van der Waals surface area contributed by atoms with Crippen LogP contribution in [-0.4, -0.2) is 186 Å². The Hall–Kier alpha value is -10.3. The van der Waals surface area contributed by atoms with E-state index in [0.29, 0.717) is 162 Å². The molecule has 108 heavy (non-hydrogen) atoms. The van der Waals surface area contributed by atoms with Crippen LogP contribution in [0.3, 0.4) is 0 Å². The zero-order chi connectivity index (χ0) is 75.2. The summed E-state index contributed by atoms with van der Waals surface area (Å²) < 4.78 is 35.6. The number of para-hydroxylation sites is 7. The van der Waals surface area contributed by atoms with Crippen LogP contribution in [-0.2, 0) is 16.1 Å². The maximum atomic E-state index is 14.2. The second-order valence-corrected chi connectivity index (χ2v) is 28.4. The fourth-order valence-corrected chi connectivity index (χ4v) is 15.2. The number of carbonyl (C=O) groups excluding carboxylic acids is 2. The van der Waals surface area contributed by atoms with Crippen molar-refractivity contribution in [2.45, 2.75) is 53.2 Å². The molecule has 2 atom stereocenters. The molecule has 12 aromatic rings. The van der Waals surface area contributed by atoms with E-state index >= 15 is 0 Å². The van der Waals surface area contributed by atoms with Gasteiger partial charge in [-0.15, -0.1) is 22.7 Å². The summed E-state index contributed by atoms with van der Waals surface area (Å²) in [7, 11) is 0. The summed E-state index contributed by atoms with van der Waals surface area (Å²) in [5.41, 5.74) is 2.98. The fraction of sp³-hybridized carbons (Fsp3) is 0.312. The molecule has 1 N–H and O–H groups in total. The molecule has 0 aliphatic carbocycles. The summed E-state index contributed by atoms with van der Waals surface area (Å²) in [4.78, 5) is 93.7. The number of rotatable bonds is 22. The zero-order valence-corrected chi connectivity index (χ0v) is 63.8. The van der Waals surface area contributed by atoms with Crippen molar-refractivity contribution in [1.29, 1.82) is 0 Å². The lowest BCUT2D eigenvalue weighted by Gasteiger charge is -2.38. The number of amides is 2. The maximum Gasteiger partial charge on any atom is 0.269 e. The number of halogens is 2. The third-order valence-electron chi connectivity index (χ3n) is 19.0. The Kier molecular flexibility index (Phi) is 25.0. The Morgan fingerprint density at radius 3 is 1.36 bits per heavy atom. The number of ether oxygens (including phenoxy) is 5. The van der Waals surface area contributed by atoms with Crippen molar-refractivity contribution in [1.82, 2.24) is 68.3 Å². The quantitative estimate of drug-likeness (QED) is 0.0664. The van der Waals surface area contributed by atoms with E-state index in [1.165, 1.54) is 22.7 Å². The summed E-state index contributed by atoms with van der Waals surface area (Å²) in [5, 5.41) is 14.6. The first-order valence-electron chi connectivity index (χ1n) is 36.1. The topological polar surface area (TPSA) is 231 Å². The molecular weight excluding hydrogens is 1450 g/mol. The standard InChI is InChI=1S/C33H33ClN6O4.C28H29ClN4O4S.C19H22N4O2S/c1-3-43-29-12-8-7-11-28(29)39-31(36-32-27(33(39)42)21-35-40(32)25-9-5-4-6-10-25)23(2)37-17-19-38(20-18-37)30(41)22-44-26-15-13-24(34)14-16-26;1-3-36-24-7-5-4-6-23(24)33-26(30-27-22(28(33)35)12-17-38-27)19(2)31-13-15-32(16-14-31)25(34)18-37-21-10-8-20(29)9-11-21;1-2-25-16-6-4-3-5-15(16)23-17(13-22-10-8-20-9-11-22)21-18-14(19(23)24)7-12-26-18/h4-16,21,23H,3,17-20,22H2,1-2H3;4-12,17,19H,3,13-16,18H2,1-2H3;3-7,12,20H,2,8-11,13H2,1H3. The molecule has 6 aromatic heterocycles. The molecule has 0 spiro atoms. The number of hydrogen-bond donors (Lipinski definition) is 1. The van der Waals surface area contributed by atoms with Gasteiger partial charge in [-0.3, -0.25) is 52.4 Å². The maximum absolute atomic E-state index is 14.2. The number of benzene rings is 6. The van der Waals surface area contributed by atoms with Crippen LogP contribution < -0.4 is 45.7 Å². The third-order valence-corrected chi connectivity index (χ3v) is 21.2. The number of piperazine rings is 3. The summed E-state index contributed by atoms with van der Waals surface area (Å²) in [5.74, 6) is 4.98. The molecule has 24 nitrogen and oxygen atoms in total. The van der Waals surface area contributed by atoms with E-state index in [-0.39, 0.29) is 53.8 Å². The Morgan fingerprint density at radius 2 is 0.889 bits per heavy atom. The molecule has 0 saturated carbocycles. The van der Waals surface area contributed by atoms with Crippen molar-refractivity contribution in [3.63, 3.8) is 0 Å². The predicted octanol–water partition coefficient (Wildman–Crippen LogP) is 11.9. The van der Waals surface area contributed by atoms with E-state index in [1.807, 2.05) is 159 Å². The van der Waals surface area contributed by atoms with Crippen molar-refractivity contribution >= 4 is 89.2 Å². The van der Waals surface area contributed by atoms with Crippen molar-refractivity contribution in [2.75, 3.05) is 112 Å². The minimum atomic E-state index is -0.261. The van der Waals surface area contributed by atoms with E-state index in [2.05, 4.69) is 32.0 Å². The highest BCUT2D eigenvalue weighted by Crippen LogP contribution is 2.33. The van der Waals surface area contributed by atoms with Gasteiger partial charge in [0, 0.05) is 88.6 Å². The van der Waals surface area contributed by atoms with E-state index in [1.54, 1.807) is 78.0 Å². The molecule has 2 amide bonds. The largest absolute Gasteiger partial charge is 0.492 e. The molecule has 0 radical (unpaired) electrons. The highest BCUT2D eigenvalue weighted by molar-refractivity contribution is 7.17. The SMILES string of the molecule is CCOc1ccccc1-n1c(C(C)N2CCN(C(=O)COc3ccc(Cl)cc3)CC2)nc2c(cnn2-c2ccccc2)c1=O.CCOc1ccccc1-n1c(C(C)N2CCN(C(=O)COc3ccc(Cl)cc3)CC2)nc2sccc2c1=O.CCOc1ccccc1-n1c(CN2CCNCC2)nc2sccc2c1=O. The van der Waals surface area contributed by atoms with Crippen LogP contribution >= 0.6 is 45.9 Å². The first-order valence-corrected chi connectivity index (χ1v) is 38.6. The molecule has 0 bridgehead atoms. The van der Waals surface area contributed by atoms with Crippen molar-refractivity contribution < 1.29 is 33.3 Å². The molecular formula is C80H84Cl2N14O10S2. The number of fused-ring (bicyclic) bond motifs is 3. The molecule has 15 rings (SSSR count).